The Morgan fingerprint density at radius 1 is 1.13 bits per heavy atom. The minimum Gasteiger partial charge on any atom is -0.260 e. The van der Waals surface area contributed by atoms with Crippen LogP contribution in [0.2, 0.25) is 10.0 Å². The molecule has 0 aliphatic heterocycles. The summed E-state index contributed by atoms with van der Waals surface area (Å²) in [6.45, 7) is 10.4. The minimum atomic E-state index is 0.332. The van der Waals surface area contributed by atoms with E-state index in [2.05, 4.69) is 18.8 Å². The smallest absolute Gasteiger partial charge is 0.0497 e. The highest BCUT2D eigenvalue weighted by Gasteiger charge is 2.15. The van der Waals surface area contributed by atoms with Crippen LogP contribution < -0.4 is 0 Å². The van der Waals surface area contributed by atoms with E-state index in [4.69, 9.17) is 28.2 Å². The van der Waals surface area contributed by atoms with Crippen molar-refractivity contribution in [1.82, 2.24) is 9.97 Å². The van der Waals surface area contributed by atoms with Gasteiger partial charge in [-0.2, -0.15) is 0 Å². The van der Waals surface area contributed by atoms with Crippen molar-refractivity contribution in [3.8, 4) is 0 Å². The Hall–Kier alpha value is -1.12. The summed E-state index contributed by atoms with van der Waals surface area (Å²) >= 11 is 12.7. The SMILES string of the molecule is CCc1cc(Cl)c(C)c(CCC(C)c2ncc(C)c(Cl)c2C)n1. The molecular formula is C19H24Cl2N2. The molecule has 2 aromatic rings. The first-order chi connectivity index (χ1) is 10.8. The molecule has 0 aromatic carbocycles. The first kappa shape index (κ1) is 18.2. The molecule has 124 valence electrons. The van der Waals surface area contributed by atoms with E-state index in [0.29, 0.717) is 5.92 Å². The fourth-order valence-electron chi connectivity index (χ4n) is 2.82. The minimum absolute atomic E-state index is 0.332. The lowest BCUT2D eigenvalue weighted by Gasteiger charge is -2.16. The summed E-state index contributed by atoms with van der Waals surface area (Å²) in [4.78, 5) is 9.33. The van der Waals surface area contributed by atoms with Gasteiger partial charge in [-0.3, -0.25) is 9.97 Å². The number of aromatic nitrogens is 2. The summed E-state index contributed by atoms with van der Waals surface area (Å²) in [6.07, 6.45) is 4.63. The quantitative estimate of drug-likeness (QED) is 0.659. The van der Waals surface area contributed by atoms with Crippen molar-refractivity contribution in [2.45, 2.75) is 59.8 Å². The van der Waals surface area contributed by atoms with Crippen molar-refractivity contribution in [1.29, 1.82) is 0 Å². The number of rotatable bonds is 5. The van der Waals surface area contributed by atoms with Crippen molar-refractivity contribution in [3.05, 3.63) is 56.1 Å². The van der Waals surface area contributed by atoms with Gasteiger partial charge in [-0.1, -0.05) is 37.0 Å². The van der Waals surface area contributed by atoms with Crippen LogP contribution in [-0.4, -0.2) is 9.97 Å². The standard InChI is InChI=1S/C19H24Cl2N2/c1-6-15-9-16(20)13(4)17(23-15)8-7-11(2)19-14(5)18(21)12(3)10-22-19/h9-11H,6-8H2,1-5H3. The Morgan fingerprint density at radius 2 is 1.83 bits per heavy atom. The molecule has 0 amide bonds. The van der Waals surface area contributed by atoms with E-state index >= 15 is 0 Å². The van der Waals surface area contributed by atoms with Crippen LogP contribution in [0.3, 0.4) is 0 Å². The lowest BCUT2D eigenvalue weighted by atomic mass is 9.95. The lowest BCUT2D eigenvalue weighted by Crippen LogP contribution is -2.06. The number of pyridine rings is 2. The Balaban J connectivity index is 2.18. The summed E-state index contributed by atoms with van der Waals surface area (Å²) in [6, 6.07) is 1.97. The number of halogens is 2. The Morgan fingerprint density at radius 3 is 2.48 bits per heavy atom. The third kappa shape index (κ3) is 4.05. The number of nitrogens with zero attached hydrogens (tertiary/aromatic N) is 2. The van der Waals surface area contributed by atoms with Gasteiger partial charge in [-0.15, -0.1) is 0 Å². The van der Waals surface area contributed by atoms with Crippen LogP contribution >= 0.6 is 23.2 Å². The maximum Gasteiger partial charge on any atom is 0.0497 e. The van der Waals surface area contributed by atoms with Crippen molar-refractivity contribution in [2.24, 2.45) is 0 Å². The molecule has 0 spiro atoms. The van der Waals surface area contributed by atoms with Gasteiger partial charge in [-0.25, -0.2) is 0 Å². The normalized spacial score (nSPS) is 12.5. The summed E-state index contributed by atoms with van der Waals surface area (Å²) in [5.74, 6) is 0.332. The van der Waals surface area contributed by atoms with E-state index in [0.717, 1.165) is 63.1 Å². The highest BCUT2D eigenvalue weighted by Crippen LogP contribution is 2.29. The second-order valence-electron chi connectivity index (χ2n) is 6.23. The van der Waals surface area contributed by atoms with Gasteiger partial charge in [0.15, 0.2) is 0 Å². The third-order valence-electron chi connectivity index (χ3n) is 4.46. The molecule has 23 heavy (non-hydrogen) atoms. The zero-order valence-electron chi connectivity index (χ0n) is 14.5. The average molecular weight is 351 g/mol. The lowest BCUT2D eigenvalue weighted by molar-refractivity contribution is 0.645. The van der Waals surface area contributed by atoms with Crippen LogP contribution in [0.1, 0.15) is 60.0 Å². The maximum absolute atomic E-state index is 6.36. The van der Waals surface area contributed by atoms with Gasteiger partial charge in [0.05, 0.1) is 0 Å². The van der Waals surface area contributed by atoms with Crippen molar-refractivity contribution < 1.29 is 0 Å². The number of hydrogen-bond donors (Lipinski definition) is 0. The zero-order valence-corrected chi connectivity index (χ0v) is 16.0. The average Bonchev–Trinajstić information content (AvgIpc) is 2.53. The van der Waals surface area contributed by atoms with Gasteiger partial charge < -0.3 is 0 Å². The topological polar surface area (TPSA) is 25.8 Å². The van der Waals surface area contributed by atoms with Crippen LogP contribution in [0.15, 0.2) is 12.3 Å². The molecule has 4 heteroatoms. The van der Waals surface area contributed by atoms with E-state index in [9.17, 15) is 0 Å². The molecule has 2 heterocycles. The second kappa shape index (κ2) is 7.63. The Labute approximate surface area is 149 Å². The second-order valence-corrected chi connectivity index (χ2v) is 7.01. The molecular weight excluding hydrogens is 327 g/mol. The molecule has 0 bridgehead atoms. The van der Waals surface area contributed by atoms with E-state index < -0.39 is 0 Å². The van der Waals surface area contributed by atoms with Gasteiger partial charge >= 0.3 is 0 Å². The van der Waals surface area contributed by atoms with Gasteiger partial charge in [0.25, 0.3) is 0 Å². The fraction of sp³-hybridized carbons (Fsp3) is 0.474. The Kier molecular flexibility index (Phi) is 6.05. The van der Waals surface area contributed by atoms with E-state index in [1.165, 1.54) is 0 Å². The van der Waals surface area contributed by atoms with Gasteiger partial charge in [-0.05, 0) is 68.7 Å². The molecule has 0 aliphatic rings. The highest BCUT2D eigenvalue weighted by molar-refractivity contribution is 6.32. The molecule has 2 aromatic heterocycles. The largest absolute Gasteiger partial charge is 0.260 e. The van der Waals surface area contributed by atoms with Crippen molar-refractivity contribution in [3.63, 3.8) is 0 Å². The summed E-state index contributed by atoms with van der Waals surface area (Å²) in [7, 11) is 0. The predicted molar refractivity (Wildman–Crippen MR) is 98.8 cm³/mol. The van der Waals surface area contributed by atoms with E-state index in [1.54, 1.807) is 0 Å². The third-order valence-corrected chi connectivity index (χ3v) is 5.44. The first-order valence-electron chi connectivity index (χ1n) is 8.11. The predicted octanol–water partition coefficient (Wildman–Crippen LogP) is 6.01. The molecule has 1 atom stereocenters. The van der Waals surface area contributed by atoms with Crippen LogP contribution in [-0.2, 0) is 12.8 Å². The van der Waals surface area contributed by atoms with E-state index in [-0.39, 0.29) is 0 Å². The zero-order chi connectivity index (χ0) is 17.1. The first-order valence-corrected chi connectivity index (χ1v) is 8.87. The summed E-state index contributed by atoms with van der Waals surface area (Å²) < 4.78 is 0. The molecule has 2 rings (SSSR count). The van der Waals surface area contributed by atoms with Crippen LogP contribution in [0.25, 0.3) is 0 Å². The van der Waals surface area contributed by atoms with Crippen LogP contribution in [0.5, 0.6) is 0 Å². The monoisotopic (exact) mass is 350 g/mol. The number of hydrogen-bond acceptors (Lipinski definition) is 2. The van der Waals surface area contributed by atoms with Crippen molar-refractivity contribution >= 4 is 23.2 Å². The molecule has 0 saturated heterocycles. The summed E-state index contributed by atoms with van der Waals surface area (Å²) in [5.41, 5.74) is 6.43. The van der Waals surface area contributed by atoms with Crippen LogP contribution in [0, 0.1) is 20.8 Å². The molecule has 1 unspecified atom stereocenters. The molecule has 0 radical (unpaired) electrons. The molecule has 2 nitrogen and oxygen atoms in total. The maximum atomic E-state index is 6.36. The molecule has 0 saturated carbocycles. The highest BCUT2D eigenvalue weighted by atomic mass is 35.5. The van der Waals surface area contributed by atoms with E-state index in [1.807, 2.05) is 33.0 Å². The van der Waals surface area contributed by atoms with Gasteiger partial charge in [0.1, 0.15) is 0 Å². The summed E-state index contributed by atoms with van der Waals surface area (Å²) in [5, 5.41) is 1.64. The Bertz CT molecular complexity index is 711. The molecule has 0 fully saturated rings. The van der Waals surface area contributed by atoms with Crippen molar-refractivity contribution in [2.75, 3.05) is 0 Å². The van der Waals surface area contributed by atoms with Gasteiger partial charge in [0, 0.05) is 33.3 Å². The van der Waals surface area contributed by atoms with Crippen LogP contribution in [0.4, 0.5) is 0 Å². The molecule has 0 N–H and O–H groups in total. The number of aryl methyl sites for hydroxylation is 3. The molecule has 0 aliphatic carbocycles. The van der Waals surface area contributed by atoms with Gasteiger partial charge in [0.2, 0.25) is 0 Å². The fourth-order valence-corrected chi connectivity index (χ4v) is 3.20.